The molecule has 0 radical (unpaired) electrons. The lowest BCUT2D eigenvalue weighted by Crippen LogP contribution is -2.30. The van der Waals surface area contributed by atoms with E-state index in [9.17, 15) is 4.79 Å². The van der Waals surface area contributed by atoms with Gasteiger partial charge in [0.2, 0.25) is 0 Å². The van der Waals surface area contributed by atoms with Gasteiger partial charge in [-0.2, -0.15) is 0 Å². The summed E-state index contributed by atoms with van der Waals surface area (Å²) in [4.78, 5) is 15.5. The summed E-state index contributed by atoms with van der Waals surface area (Å²) in [6.45, 7) is 4.53. The van der Waals surface area contributed by atoms with Gasteiger partial charge in [0, 0.05) is 15.9 Å². The van der Waals surface area contributed by atoms with Crippen LogP contribution in [0.5, 0.6) is 0 Å². The number of pyridine rings is 1. The van der Waals surface area contributed by atoms with Crippen molar-refractivity contribution in [1.82, 2.24) is 25.3 Å². The molecule has 0 spiro atoms. The van der Waals surface area contributed by atoms with Crippen molar-refractivity contribution in [3.8, 4) is 16.9 Å². The van der Waals surface area contributed by atoms with Gasteiger partial charge in [-0.05, 0) is 79.7 Å². The van der Waals surface area contributed by atoms with Gasteiger partial charge in [0.15, 0.2) is 0 Å². The van der Waals surface area contributed by atoms with Crippen LogP contribution in [0.2, 0.25) is 5.02 Å². The molecule has 0 amide bonds. The van der Waals surface area contributed by atoms with E-state index in [1.54, 1.807) is 29.1 Å². The molecule has 7 heteroatoms. The molecule has 158 valence electrons. The predicted molar refractivity (Wildman–Crippen MR) is 124 cm³/mol. The number of nitrogens with zero attached hydrogens (tertiary/aromatic N) is 3. The molecule has 0 aliphatic carbocycles. The van der Waals surface area contributed by atoms with Gasteiger partial charge in [-0.1, -0.05) is 35.9 Å². The number of aromatic amines is 1. The van der Waals surface area contributed by atoms with E-state index < -0.39 is 0 Å². The SMILES string of the molecule is CC(c1ccc(-n2cc(-c3cc4cc(Cl)ccc4[nH]c3=O)nn2)cc1)C1CCNCC1. The van der Waals surface area contributed by atoms with Gasteiger partial charge >= 0.3 is 0 Å². The van der Waals surface area contributed by atoms with E-state index in [-0.39, 0.29) is 5.56 Å². The summed E-state index contributed by atoms with van der Waals surface area (Å²) >= 11 is 6.10. The molecule has 4 aromatic rings. The first-order valence-electron chi connectivity index (χ1n) is 10.6. The van der Waals surface area contributed by atoms with Gasteiger partial charge in [-0.15, -0.1) is 5.10 Å². The van der Waals surface area contributed by atoms with Crippen LogP contribution < -0.4 is 10.9 Å². The van der Waals surface area contributed by atoms with Crippen LogP contribution in [0.3, 0.4) is 0 Å². The van der Waals surface area contributed by atoms with Crippen molar-refractivity contribution in [3.05, 3.63) is 75.7 Å². The molecule has 1 atom stereocenters. The maximum atomic E-state index is 12.6. The van der Waals surface area contributed by atoms with Gasteiger partial charge in [-0.3, -0.25) is 4.79 Å². The molecule has 0 bridgehead atoms. The minimum Gasteiger partial charge on any atom is -0.321 e. The predicted octanol–water partition coefficient (Wildman–Crippen LogP) is 4.53. The van der Waals surface area contributed by atoms with Crippen LogP contribution in [0.4, 0.5) is 0 Å². The van der Waals surface area contributed by atoms with Crippen LogP contribution in [0.1, 0.15) is 31.2 Å². The number of fused-ring (bicyclic) bond motifs is 1. The van der Waals surface area contributed by atoms with Crippen molar-refractivity contribution >= 4 is 22.5 Å². The van der Waals surface area contributed by atoms with Crippen LogP contribution in [-0.4, -0.2) is 33.1 Å². The van der Waals surface area contributed by atoms with Crippen molar-refractivity contribution in [2.75, 3.05) is 13.1 Å². The van der Waals surface area contributed by atoms with Gasteiger partial charge in [-0.25, -0.2) is 4.68 Å². The topological polar surface area (TPSA) is 75.6 Å². The quantitative estimate of drug-likeness (QED) is 0.495. The fourth-order valence-electron chi connectivity index (χ4n) is 4.43. The maximum absolute atomic E-state index is 12.6. The monoisotopic (exact) mass is 433 g/mol. The average molecular weight is 434 g/mol. The molecule has 1 aliphatic heterocycles. The highest BCUT2D eigenvalue weighted by atomic mass is 35.5. The van der Waals surface area contributed by atoms with Crippen molar-refractivity contribution in [1.29, 1.82) is 0 Å². The summed E-state index contributed by atoms with van der Waals surface area (Å²) in [5.41, 5.74) is 3.79. The highest BCUT2D eigenvalue weighted by Gasteiger charge is 2.21. The standard InChI is InChI=1S/C24H24ClN5O/c1-15(17-8-10-26-11-9-17)16-2-5-20(6-3-16)30-14-23(28-29-30)21-13-18-12-19(25)4-7-22(18)27-24(21)31/h2-7,12-15,17,26H,8-11H2,1H3,(H,27,31). The third-order valence-electron chi connectivity index (χ3n) is 6.35. The Morgan fingerprint density at radius 1 is 1.10 bits per heavy atom. The summed E-state index contributed by atoms with van der Waals surface area (Å²) in [7, 11) is 0. The summed E-state index contributed by atoms with van der Waals surface area (Å²) in [6.07, 6.45) is 4.23. The molecule has 5 rings (SSSR count). The number of aromatic nitrogens is 4. The van der Waals surface area contributed by atoms with Crippen molar-refractivity contribution in [2.45, 2.75) is 25.7 Å². The summed E-state index contributed by atoms with van der Waals surface area (Å²) in [6, 6.07) is 15.7. The molecule has 1 unspecified atom stereocenters. The van der Waals surface area contributed by atoms with Crippen molar-refractivity contribution < 1.29 is 0 Å². The molecule has 3 heterocycles. The Bertz CT molecular complexity index is 1270. The smallest absolute Gasteiger partial charge is 0.258 e. The average Bonchev–Trinajstić information content (AvgIpc) is 3.29. The van der Waals surface area contributed by atoms with Gasteiger partial charge < -0.3 is 10.3 Å². The second-order valence-electron chi connectivity index (χ2n) is 8.26. The fourth-order valence-corrected chi connectivity index (χ4v) is 4.61. The van der Waals surface area contributed by atoms with Gasteiger partial charge in [0.05, 0.1) is 17.4 Å². The molecule has 2 N–H and O–H groups in total. The summed E-state index contributed by atoms with van der Waals surface area (Å²) in [5, 5.41) is 13.4. The first-order chi connectivity index (χ1) is 15.1. The van der Waals surface area contributed by atoms with Gasteiger partial charge in [0.1, 0.15) is 5.69 Å². The first kappa shape index (κ1) is 20.0. The fraction of sp³-hybridized carbons (Fsp3) is 0.292. The number of hydrogen-bond donors (Lipinski definition) is 2. The number of nitrogens with one attached hydrogen (secondary N) is 2. The lowest BCUT2D eigenvalue weighted by atomic mass is 9.82. The molecule has 1 aliphatic rings. The van der Waals surface area contributed by atoms with Crippen molar-refractivity contribution in [3.63, 3.8) is 0 Å². The lowest BCUT2D eigenvalue weighted by molar-refractivity contribution is 0.330. The molecular formula is C24H24ClN5O. The second kappa shape index (κ2) is 8.29. The third kappa shape index (κ3) is 4.01. The molecule has 1 fully saturated rings. The number of benzene rings is 2. The van der Waals surface area contributed by atoms with E-state index in [4.69, 9.17) is 11.6 Å². The van der Waals surface area contributed by atoms with E-state index in [1.165, 1.54) is 18.4 Å². The number of piperidine rings is 1. The Kier molecular flexibility index (Phi) is 5.34. The second-order valence-corrected chi connectivity index (χ2v) is 8.70. The van der Waals surface area contributed by atoms with E-state index in [0.717, 1.165) is 35.6 Å². The normalized spacial score (nSPS) is 15.9. The molecule has 31 heavy (non-hydrogen) atoms. The minimum absolute atomic E-state index is 0.201. The number of rotatable bonds is 4. The number of hydrogen-bond acceptors (Lipinski definition) is 4. The molecule has 6 nitrogen and oxygen atoms in total. The summed E-state index contributed by atoms with van der Waals surface area (Å²) in [5.74, 6) is 1.25. The Hall–Kier alpha value is -2.96. The largest absolute Gasteiger partial charge is 0.321 e. The molecular weight excluding hydrogens is 410 g/mol. The Morgan fingerprint density at radius 2 is 1.87 bits per heavy atom. The Balaban J connectivity index is 1.41. The zero-order chi connectivity index (χ0) is 21.4. The first-order valence-corrected chi connectivity index (χ1v) is 11.0. The third-order valence-corrected chi connectivity index (χ3v) is 6.59. The van der Waals surface area contributed by atoms with E-state index in [0.29, 0.717) is 22.2 Å². The highest BCUT2D eigenvalue weighted by Crippen LogP contribution is 2.31. The molecule has 2 aromatic carbocycles. The number of H-pyrrole nitrogens is 1. The highest BCUT2D eigenvalue weighted by molar-refractivity contribution is 6.31. The van der Waals surface area contributed by atoms with E-state index in [1.807, 2.05) is 6.07 Å². The molecule has 1 saturated heterocycles. The zero-order valence-electron chi connectivity index (χ0n) is 17.3. The van der Waals surface area contributed by atoms with Crippen molar-refractivity contribution in [2.24, 2.45) is 5.92 Å². The zero-order valence-corrected chi connectivity index (χ0v) is 18.1. The van der Waals surface area contributed by atoms with Gasteiger partial charge in [0.25, 0.3) is 5.56 Å². The summed E-state index contributed by atoms with van der Waals surface area (Å²) < 4.78 is 1.70. The lowest BCUT2D eigenvalue weighted by Gasteiger charge is -2.28. The van der Waals surface area contributed by atoms with Crippen LogP contribution >= 0.6 is 11.6 Å². The van der Waals surface area contributed by atoms with Crippen LogP contribution in [0.15, 0.2) is 59.5 Å². The van der Waals surface area contributed by atoms with E-state index in [2.05, 4.69) is 51.8 Å². The Labute approximate surface area is 185 Å². The van der Waals surface area contributed by atoms with Crippen LogP contribution in [0.25, 0.3) is 27.8 Å². The molecule has 0 saturated carbocycles. The maximum Gasteiger partial charge on any atom is 0.258 e. The van der Waals surface area contributed by atoms with Crippen LogP contribution in [0, 0.1) is 5.92 Å². The Morgan fingerprint density at radius 3 is 2.65 bits per heavy atom. The van der Waals surface area contributed by atoms with Crippen LogP contribution in [-0.2, 0) is 0 Å². The minimum atomic E-state index is -0.201. The number of halogens is 1. The molecule has 2 aromatic heterocycles. The van der Waals surface area contributed by atoms with E-state index >= 15 is 0 Å².